The number of aryl methyl sites for hydroxylation is 1. The molecule has 0 radical (unpaired) electrons. The Morgan fingerprint density at radius 3 is 2.53 bits per heavy atom. The first-order valence-corrected chi connectivity index (χ1v) is 6.42. The third-order valence-electron chi connectivity index (χ3n) is 3.27. The molecule has 0 aliphatic heterocycles. The van der Waals surface area contributed by atoms with Gasteiger partial charge in [0.2, 0.25) is 0 Å². The second-order valence-electron chi connectivity index (χ2n) is 4.43. The summed E-state index contributed by atoms with van der Waals surface area (Å²) in [4.78, 5) is 0. The highest BCUT2D eigenvalue weighted by Crippen LogP contribution is 2.25. The highest BCUT2D eigenvalue weighted by molar-refractivity contribution is 5.69. The van der Waals surface area contributed by atoms with E-state index in [1.54, 1.807) is 12.7 Å². The molecule has 3 rings (SSSR count). The lowest BCUT2D eigenvalue weighted by Gasteiger charge is -2.09. The maximum atomic E-state index is 3.85. The Bertz CT molecular complexity index is 672. The molecule has 1 heterocycles. The minimum atomic E-state index is 1.03. The minimum absolute atomic E-state index is 1.03. The van der Waals surface area contributed by atoms with Crippen molar-refractivity contribution in [3.63, 3.8) is 0 Å². The van der Waals surface area contributed by atoms with Gasteiger partial charge in [0, 0.05) is 5.69 Å². The first kappa shape index (κ1) is 11.7. The molecule has 0 unspecified atom stereocenters. The van der Waals surface area contributed by atoms with E-state index in [1.807, 2.05) is 4.57 Å². The summed E-state index contributed by atoms with van der Waals surface area (Å²) in [6, 6.07) is 17.0. The van der Waals surface area contributed by atoms with Crippen molar-refractivity contribution in [1.82, 2.24) is 14.8 Å². The molecule has 1 aromatic heterocycles. The number of hydrogen-bond donors (Lipinski definition) is 0. The van der Waals surface area contributed by atoms with Crippen LogP contribution in [0.2, 0.25) is 0 Å². The van der Waals surface area contributed by atoms with Crippen LogP contribution in [0.25, 0.3) is 16.8 Å². The van der Waals surface area contributed by atoms with Gasteiger partial charge in [0.25, 0.3) is 0 Å². The highest BCUT2D eigenvalue weighted by atomic mass is 15.2. The molecule has 2 aromatic carbocycles. The smallest absolute Gasteiger partial charge is 0.123 e. The van der Waals surface area contributed by atoms with E-state index >= 15 is 0 Å². The van der Waals surface area contributed by atoms with Gasteiger partial charge in [-0.05, 0) is 35.2 Å². The van der Waals surface area contributed by atoms with E-state index < -0.39 is 0 Å². The zero-order valence-electron chi connectivity index (χ0n) is 10.8. The Labute approximate surface area is 112 Å². The molecular weight excluding hydrogens is 234 g/mol. The van der Waals surface area contributed by atoms with Gasteiger partial charge in [-0.25, -0.2) is 0 Å². The summed E-state index contributed by atoms with van der Waals surface area (Å²) in [5.41, 5.74) is 4.96. The fourth-order valence-electron chi connectivity index (χ4n) is 2.28. The van der Waals surface area contributed by atoms with Gasteiger partial charge in [-0.15, -0.1) is 10.2 Å². The molecule has 3 aromatic rings. The van der Waals surface area contributed by atoms with Crippen molar-refractivity contribution in [3.05, 3.63) is 66.7 Å². The number of benzene rings is 2. The summed E-state index contributed by atoms with van der Waals surface area (Å²) < 4.78 is 1.91. The highest BCUT2D eigenvalue weighted by Gasteiger charge is 2.04. The molecule has 94 valence electrons. The number of hydrogen-bond acceptors (Lipinski definition) is 2. The Hall–Kier alpha value is -2.42. The van der Waals surface area contributed by atoms with Crippen LogP contribution in [0, 0.1) is 0 Å². The lowest BCUT2D eigenvalue weighted by Crippen LogP contribution is -1.92. The second-order valence-corrected chi connectivity index (χ2v) is 4.43. The van der Waals surface area contributed by atoms with Gasteiger partial charge in [0.1, 0.15) is 12.7 Å². The SMILES string of the molecule is CCc1ccccc1-c1cccc(-n2cnnc2)c1. The number of rotatable bonds is 3. The Balaban J connectivity index is 2.09. The second kappa shape index (κ2) is 5.06. The predicted octanol–water partition coefficient (Wildman–Crippen LogP) is 3.50. The zero-order valence-corrected chi connectivity index (χ0v) is 10.8. The lowest BCUT2D eigenvalue weighted by molar-refractivity contribution is 1.06. The van der Waals surface area contributed by atoms with Crippen molar-refractivity contribution >= 4 is 0 Å². The molecule has 0 fully saturated rings. The van der Waals surface area contributed by atoms with Crippen LogP contribution >= 0.6 is 0 Å². The standard InChI is InChI=1S/C16H15N3/c1-2-13-6-3-4-9-16(13)14-7-5-8-15(10-14)19-11-17-18-12-19/h3-12H,2H2,1H3. The summed E-state index contributed by atoms with van der Waals surface area (Å²) in [5.74, 6) is 0. The van der Waals surface area contributed by atoms with Crippen LogP contribution in [0.4, 0.5) is 0 Å². The van der Waals surface area contributed by atoms with E-state index in [0.717, 1.165) is 12.1 Å². The normalized spacial score (nSPS) is 10.6. The van der Waals surface area contributed by atoms with E-state index in [-0.39, 0.29) is 0 Å². The van der Waals surface area contributed by atoms with E-state index in [0.29, 0.717) is 0 Å². The average Bonchev–Trinajstić information content (AvgIpc) is 3.01. The van der Waals surface area contributed by atoms with Gasteiger partial charge in [0.15, 0.2) is 0 Å². The molecule has 0 aliphatic carbocycles. The molecule has 0 bridgehead atoms. The van der Waals surface area contributed by atoms with Gasteiger partial charge in [0.05, 0.1) is 0 Å². The molecule has 3 nitrogen and oxygen atoms in total. The molecular formula is C16H15N3. The van der Waals surface area contributed by atoms with Gasteiger partial charge in [-0.2, -0.15) is 0 Å². The Morgan fingerprint density at radius 2 is 1.74 bits per heavy atom. The summed E-state index contributed by atoms with van der Waals surface area (Å²) in [5, 5.41) is 7.70. The van der Waals surface area contributed by atoms with Crippen molar-refractivity contribution in [2.75, 3.05) is 0 Å². The molecule has 0 spiro atoms. The summed E-state index contributed by atoms with van der Waals surface area (Å²) in [7, 11) is 0. The van der Waals surface area contributed by atoms with Crippen molar-refractivity contribution in [2.45, 2.75) is 13.3 Å². The van der Waals surface area contributed by atoms with Crippen LogP contribution in [0.1, 0.15) is 12.5 Å². The van der Waals surface area contributed by atoms with Crippen LogP contribution in [-0.4, -0.2) is 14.8 Å². The molecule has 0 N–H and O–H groups in total. The largest absolute Gasteiger partial charge is 0.288 e. The van der Waals surface area contributed by atoms with E-state index in [4.69, 9.17) is 0 Å². The van der Waals surface area contributed by atoms with Crippen molar-refractivity contribution in [1.29, 1.82) is 0 Å². The number of nitrogens with zero attached hydrogens (tertiary/aromatic N) is 3. The quantitative estimate of drug-likeness (QED) is 0.711. The monoisotopic (exact) mass is 249 g/mol. The van der Waals surface area contributed by atoms with Crippen LogP contribution in [0.3, 0.4) is 0 Å². The maximum Gasteiger partial charge on any atom is 0.123 e. The first-order valence-electron chi connectivity index (χ1n) is 6.42. The predicted molar refractivity (Wildman–Crippen MR) is 76.2 cm³/mol. The molecule has 0 atom stereocenters. The molecule has 0 saturated carbocycles. The maximum absolute atomic E-state index is 3.85. The van der Waals surface area contributed by atoms with Crippen LogP contribution < -0.4 is 0 Å². The van der Waals surface area contributed by atoms with E-state index in [9.17, 15) is 0 Å². The molecule has 19 heavy (non-hydrogen) atoms. The summed E-state index contributed by atoms with van der Waals surface area (Å²) in [6.07, 6.45) is 4.46. The summed E-state index contributed by atoms with van der Waals surface area (Å²) >= 11 is 0. The number of aromatic nitrogens is 3. The molecule has 0 aliphatic rings. The lowest BCUT2D eigenvalue weighted by atomic mass is 9.98. The van der Waals surface area contributed by atoms with Gasteiger partial charge >= 0.3 is 0 Å². The minimum Gasteiger partial charge on any atom is -0.288 e. The van der Waals surface area contributed by atoms with Crippen molar-refractivity contribution < 1.29 is 0 Å². The molecule has 0 saturated heterocycles. The van der Waals surface area contributed by atoms with E-state index in [2.05, 4.69) is 65.7 Å². The van der Waals surface area contributed by atoms with Gasteiger partial charge < -0.3 is 0 Å². The van der Waals surface area contributed by atoms with Crippen molar-refractivity contribution in [2.24, 2.45) is 0 Å². The average molecular weight is 249 g/mol. The topological polar surface area (TPSA) is 30.7 Å². The summed E-state index contributed by atoms with van der Waals surface area (Å²) in [6.45, 7) is 2.18. The zero-order chi connectivity index (χ0) is 13.1. The first-order chi connectivity index (χ1) is 9.38. The Morgan fingerprint density at radius 1 is 0.947 bits per heavy atom. The molecule has 3 heteroatoms. The van der Waals surface area contributed by atoms with Crippen LogP contribution in [0.5, 0.6) is 0 Å². The van der Waals surface area contributed by atoms with Gasteiger partial charge in [-0.3, -0.25) is 4.57 Å². The fourth-order valence-corrected chi connectivity index (χ4v) is 2.28. The van der Waals surface area contributed by atoms with E-state index in [1.165, 1.54) is 16.7 Å². The third kappa shape index (κ3) is 2.27. The van der Waals surface area contributed by atoms with Gasteiger partial charge in [-0.1, -0.05) is 43.3 Å². The molecule has 0 amide bonds. The Kier molecular flexibility index (Phi) is 3.11. The van der Waals surface area contributed by atoms with Crippen LogP contribution in [0.15, 0.2) is 61.2 Å². The third-order valence-corrected chi connectivity index (χ3v) is 3.27. The van der Waals surface area contributed by atoms with Crippen LogP contribution in [-0.2, 0) is 6.42 Å². The fraction of sp³-hybridized carbons (Fsp3) is 0.125. The van der Waals surface area contributed by atoms with Crippen molar-refractivity contribution in [3.8, 4) is 16.8 Å².